The monoisotopic (exact) mass is 232 g/mol. The topological polar surface area (TPSA) is 0 Å². The lowest BCUT2D eigenvalue weighted by atomic mass is 10.0. The van der Waals surface area contributed by atoms with E-state index < -0.39 is 0 Å². The van der Waals surface area contributed by atoms with Gasteiger partial charge in [-0.1, -0.05) is 60.6 Å². The molecule has 0 nitrogen and oxygen atoms in total. The minimum Gasteiger partial charge on any atom is -0.206 e. The van der Waals surface area contributed by atoms with Crippen LogP contribution in [0.25, 0.3) is 16.2 Å². The Hall–Kier alpha value is -1.60. The van der Waals surface area contributed by atoms with Crippen molar-refractivity contribution in [2.24, 2.45) is 0 Å². The van der Waals surface area contributed by atoms with Crippen LogP contribution in [0.5, 0.6) is 0 Å². The Morgan fingerprint density at radius 2 is 1.62 bits per heavy atom. The van der Waals surface area contributed by atoms with Gasteiger partial charge in [0.25, 0.3) is 0 Å². The summed E-state index contributed by atoms with van der Waals surface area (Å²) in [5, 5.41) is 0.486. The molecule has 0 heterocycles. The number of hydrogen-bond acceptors (Lipinski definition) is 0. The maximum atomic E-state index is 13.5. The van der Waals surface area contributed by atoms with Gasteiger partial charge in [-0.3, -0.25) is 0 Å². The van der Waals surface area contributed by atoms with Crippen LogP contribution in [0.15, 0.2) is 55.1 Å². The van der Waals surface area contributed by atoms with E-state index in [1.165, 1.54) is 6.07 Å². The van der Waals surface area contributed by atoms with E-state index in [4.69, 9.17) is 11.6 Å². The number of halogens is 2. The molecule has 0 radical (unpaired) electrons. The van der Waals surface area contributed by atoms with E-state index in [1.54, 1.807) is 12.1 Å². The van der Waals surface area contributed by atoms with Gasteiger partial charge in [0.15, 0.2) is 0 Å². The van der Waals surface area contributed by atoms with E-state index in [0.717, 1.165) is 11.1 Å². The van der Waals surface area contributed by atoms with Gasteiger partial charge in [-0.15, -0.1) is 0 Å². The third-order valence-electron chi connectivity index (χ3n) is 2.38. The molecule has 0 aliphatic heterocycles. The molecule has 0 atom stereocenters. The van der Waals surface area contributed by atoms with Crippen LogP contribution in [0.3, 0.4) is 0 Å². The third kappa shape index (κ3) is 2.15. The second-order valence-corrected chi connectivity index (χ2v) is 3.92. The van der Waals surface area contributed by atoms with Crippen molar-refractivity contribution < 1.29 is 4.39 Å². The molecule has 0 spiro atoms. The molecule has 0 saturated heterocycles. The first kappa shape index (κ1) is 10.9. The summed E-state index contributed by atoms with van der Waals surface area (Å²) >= 11 is 5.76. The summed E-state index contributed by atoms with van der Waals surface area (Å²) < 4.78 is 13.5. The molecular formula is C14H10ClF. The van der Waals surface area contributed by atoms with Crippen LogP contribution in [0.4, 0.5) is 4.39 Å². The van der Waals surface area contributed by atoms with Gasteiger partial charge < -0.3 is 0 Å². The van der Waals surface area contributed by atoms with Gasteiger partial charge >= 0.3 is 0 Å². The maximum absolute atomic E-state index is 13.5. The Morgan fingerprint density at radius 1 is 1.00 bits per heavy atom. The fourth-order valence-corrected chi connectivity index (χ4v) is 1.65. The molecule has 0 amide bonds. The lowest BCUT2D eigenvalue weighted by molar-refractivity contribution is 0.631. The zero-order valence-electron chi connectivity index (χ0n) is 8.58. The fraction of sp³-hybridized carbons (Fsp3) is 0. The van der Waals surface area contributed by atoms with Gasteiger partial charge in [0.1, 0.15) is 5.82 Å². The largest absolute Gasteiger partial charge is 0.206 e. The smallest absolute Gasteiger partial charge is 0.131 e. The quantitative estimate of drug-likeness (QED) is 0.704. The minimum absolute atomic E-state index is 0.222. The van der Waals surface area contributed by atoms with Crippen LogP contribution in [-0.4, -0.2) is 0 Å². The highest BCUT2D eigenvalue weighted by molar-refractivity contribution is 6.48. The summed E-state index contributed by atoms with van der Waals surface area (Å²) in [5.74, 6) is -0.222. The lowest BCUT2D eigenvalue weighted by Gasteiger charge is -2.04. The van der Waals surface area contributed by atoms with Gasteiger partial charge in [0.05, 0.1) is 0 Å². The van der Waals surface area contributed by atoms with Gasteiger partial charge in [-0.05, 0) is 17.2 Å². The number of benzene rings is 2. The average molecular weight is 233 g/mol. The van der Waals surface area contributed by atoms with E-state index in [0.29, 0.717) is 10.6 Å². The van der Waals surface area contributed by atoms with Crippen LogP contribution in [0, 0.1) is 5.82 Å². The first-order valence-corrected chi connectivity index (χ1v) is 5.26. The molecule has 0 aromatic heterocycles. The zero-order chi connectivity index (χ0) is 11.5. The lowest BCUT2D eigenvalue weighted by Crippen LogP contribution is -1.84. The van der Waals surface area contributed by atoms with Crippen molar-refractivity contribution in [1.29, 1.82) is 0 Å². The summed E-state index contributed by atoms with van der Waals surface area (Å²) in [6.45, 7) is 3.64. The zero-order valence-corrected chi connectivity index (χ0v) is 9.34. The first-order chi connectivity index (χ1) is 7.68. The Balaban J connectivity index is 2.43. The second-order valence-electron chi connectivity index (χ2n) is 3.46. The normalized spacial score (nSPS) is 10.1. The van der Waals surface area contributed by atoms with E-state index in [-0.39, 0.29) is 5.82 Å². The molecule has 0 N–H and O–H groups in total. The molecular weight excluding hydrogens is 223 g/mol. The predicted molar refractivity (Wildman–Crippen MR) is 66.7 cm³/mol. The van der Waals surface area contributed by atoms with Crippen LogP contribution in [-0.2, 0) is 0 Å². The molecule has 0 unspecified atom stereocenters. The summed E-state index contributed by atoms with van der Waals surface area (Å²) in [5.41, 5.74) is 2.27. The highest BCUT2D eigenvalue weighted by Gasteiger charge is 2.03. The third-order valence-corrected chi connectivity index (χ3v) is 2.60. The van der Waals surface area contributed by atoms with Crippen LogP contribution in [0.1, 0.15) is 5.56 Å². The molecule has 0 saturated carbocycles. The molecule has 0 aliphatic rings. The van der Waals surface area contributed by atoms with Crippen molar-refractivity contribution in [2.45, 2.75) is 0 Å². The van der Waals surface area contributed by atoms with Gasteiger partial charge in [-0.25, -0.2) is 4.39 Å². The van der Waals surface area contributed by atoms with Crippen molar-refractivity contribution in [1.82, 2.24) is 0 Å². The number of rotatable bonds is 2. The number of hydrogen-bond donors (Lipinski definition) is 0. The van der Waals surface area contributed by atoms with Gasteiger partial charge in [0, 0.05) is 10.6 Å². The SMILES string of the molecule is C=C(Cl)c1ccc(-c2ccccc2F)cc1. The van der Waals surface area contributed by atoms with E-state index in [1.807, 2.05) is 30.3 Å². The Morgan fingerprint density at radius 3 is 2.19 bits per heavy atom. The minimum atomic E-state index is -0.222. The van der Waals surface area contributed by atoms with E-state index in [9.17, 15) is 4.39 Å². The fourth-order valence-electron chi connectivity index (χ4n) is 1.53. The molecule has 2 aromatic rings. The van der Waals surface area contributed by atoms with Crippen molar-refractivity contribution >= 4 is 16.6 Å². The highest BCUT2D eigenvalue weighted by Crippen LogP contribution is 2.25. The predicted octanol–water partition coefficient (Wildman–Crippen LogP) is 4.70. The molecule has 2 aromatic carbocycles. The van der Waals surface area contributed by atoms with Crippen LogP contribution in [0.2, 0.25) is 0 Å². The molecule has 80 valence electrons. The van der Waals surface area contributed by atoms with Gasteiger partial charge in [0.2, 0.25) is 0 Å². The molecule has 0 aliphatic carbocycles. The summed E-state index contributed by atoms with van der Waals surface area (Å²) in [7, 11) is 0. The standard InChI is InChI=1S/C14H10ClF/c1-10(15)11-6-8-12(9-7-11)13-4-2-3-5-14(13)16/h2-9H,1H2. The van der Waals surface area contributed by atoms with E-state index >= 15 is 0 Å². The highest BCUT2D eigenvalue weighted by atomic mass is 35.5. The van der Waals surface area contributed by atoms with E-state index in [2.05, 4.69) is 6.58 Å². The van der Waals surface area contributed by atoms with Crippen molar-refractivity contribution in [3.8, 4) is 11.1 Å². The van der Waals surface area contributed by atoms with Crippen molar-refractivity contribution in [3.63, 3.8) is 0 Å². The Kier molecular flexibility index (Phi) is 3.07. The Bertz CT molecular complexity index is 515. The molecule has 0 bridgehead atoms. The average Bonchev–Trinajstić information content (AvgIpc) is 2.30. The van der Waals surface area contributed by atoms with Crippen molar-refractivity contribution in [2.75, 3.05) is 0 Å². The first-order valence-electron chi connectivity index (χ1n) is 4.88. The molecule has 16 heavy (non-hydrogen) atoms. The van der Waals surface area contributed by atoms with Crippen molar-refractivity contribution in [3.05, 3.63) is 66.5 Å². The summed E-state index contributed by atoms with van der Waals surface area (Å²) in [6.07, 6.45) is 0. The second kappa shape index (κ2) is 4.50. The van der Waals surface area contributed by atoms with Gasteiger partial charge in [-0.2, -0.15) is 0 Å². The van der Waals surface area contributed by atoms with Crippen LogP contribution >= 0.6 is 11.6 Å². The maximum Gasteiger partial charge on any atom is 0.131 e. The summed E-state index contributed by atoms with van der Waals surface area (Å²) in [6, 6.07) is 14.0. The summed E-state index contributed by atoms with van der Waals surface area (Å²) in [4.78, 5) is 0. The molecule has 2 heteroatoms. The molecule has 0 fully saturated rings. The molecule has 2 rings (SSSR count). The Labute approximate surface area is 99.0 Å². The van der Waals surface area contributed by atoms with Crippen LogP contribution < -0.4 is 0 Å².